The molecule has 194 valence electrons. The smallest absolute Gasteiger partial charge is 0.352 e. The molecule has 0 fully saturated rings. The predicted octanol–water partition coefficient (Wildman–Crippen LogP) is 5.06. The zero-order chi connectivity index (χ0) is 26.7. The Bertz CT molecular complexity index is 1460. The van der Waals surface area contributed by atoms with Gasteiger partial charge in [0.05, 0.1) is 49.4 Å². The molecule has 0 unspecified atom stereocenters. The first kappa shape index (κ1) is 26.2. The Kier molecular flexibility index (Phi) is 7.85. The Morgan fingerprint density at radius 1 is 1.08 bits per heavy atom. The summed E-state index contributed by atoms with van der Waals surface area (Å²) in [7, 11) is 4.75. The monoisotopic (exact) mass is 525 g/mol. The number of nitrogens with one attached hydrogen (secondary N) is 1. The van der Waals surface area contributed by atoms with Crippen molar-refractivity contribution in [3.05, 3.63) is 69.6 Å². The van der Waals surface area contributed by atoms with E-state index in [0.29, 0.717) is 33.7 Å². The van der Waals surface area contributed by atoms with Gasteiger partial charge in [-0.2, -0.15) is 5.10 Å². The van der Waals surface area contributed by atoms with Gasteiger partial charge in [0.15, 0.2) is 0 Å². The maximum Gasteiger partial charge on any atom is 0.352 e. The molecule has 9 nitrogen and oxygen atoms in total. The SMILES string of the molecule is COC(=O)CCc1c(C(=O)O)[nH]c2c(-c3c(C)nn(C)c3COCc3ccc(OC)cc3)c(Cl)ccc12. The van der Waals surface area contributed by atoms with Crippen molar-refractivity contribution in [2.45, 2.75) is 33.0 Å². The number of fused-ring (bicyclic) bond motifs is 1. The molecule has 10 heteroatoms. The number of ether oxygens (including phenoxy) is 3. The summed E-state index contributed by atoms with van der Waals surface area (Å²) in [4.78, 5) is 26.9. The van der Waals surface area contributed by atoms with Crippen molar-refractivity contribution in [1.82, 2.24) is 14.8 Å². The molecule has 0 radical (unpaired) electrons. The van der Waals surface area contributed by atoms with Crippen molar-refractivity contribution in [2.75, 3.05) is 14.2 Å². The minimum atomic E-state index is -1.12. The number of carboxylic acid groups (broad SMARTS) is 1. The average molecular weight is 526 g/mol. The van der Waals surface area contributed by atoms with Gasteiger partial charge in [-0.1, -0.05) is 29.8 Å². The lowest BCUT2D eigenvalue weighted by Gasteiger charge is -2.11. The van der Waals surface area contributed by atoms with Crippen LogP contribution in [0.15, 0.2) is 36.4 Å². The first-order valence-electron chi connectivity index (χ1n) is 11.6. The third-order valence-corrected chi connectivity index (χ3v) is 6.62. The van der Waals surface area contributed by atoms with Crippen molar-refractivity contribution in [3.63, 3.8) is 0 Å². The highest BCUT2D eigenvalue weighted by atomic mass is 35.5. The second-order valence-corrected chi connectivity index (χ2v) is 8.98. The highest BCUT2D eigenvalue weighted by molar-refractivity contribution is 6.35. The Morgan fingerprint density at radius 3 is 2.46 bits per heavy atom. The molecule has 2 N–H and O–H groups in total. The molecule has 0 bridgehead atoms. The first-order chi connectivity index (χ1) is 17.7. The Balaban J connectivity index is 1.73. The van der Waals surface area contributed by atoms with Crippen LogP contribution in [0, 0.1) is 6.92 Å². The molecule has 0 atom stereocenters. The van der Waals surface area contributed by atoms with Crippen LogP contribution in [0.4, 0.5) is 0 Å². The van der Waals surface area contributed by atoms with Crippen molar-refractivity contribution in [3.8, 4) is 16.9 Å². The van der Waals surface area contributed by atoms with Gasteiger partial charge < -0.3 is 24.3 Å². The number of aromatic carboxylic acids is 1. The fraction of sp³-hybridized carbons (Fsp3) is 0.296. The van der Waals surface area contributed by atoms with E-state index in [9.17, 15) is 14.7 Å². The number of benzene rings is 2. The molecule has 37 heavy (non-hydrogen) atoms. The fourth-order valence-corrected chi connectivity index (χ4v) is 4.75. The normalized spacial score (nSPS) is 11.2. The minimum Gasteiger partial charge on any atom is -0.497 e. The molecule has 2 aromatic heterocycles. The van der Waals surface area contributed by atoms with Crippen LogP contribution in [0.1, 0.15) is 39.4 Å². The number of nitrogens with zero attached hydrogens (tertiary/aromatic N) is 2. The van der Waals surface area contributed by atoms with Gasteiger partial charge in [0, 0.05) is 30.0 Å². The van der Waals surface area contributed by atoms with Crippen LogP contribution in [0.5, 0.6) is 5.75 Å². The summed E-state index contributed by atoms with van der Waals surface area (Å²) in [6.45, 7) is 2.51. The van der Waals surface area contributed by atoms with E-state index in [2.05, 4.69) is 10.1 Å². The van der Waals surface area contributed by atoms with Gasteiger partial charge in [-0.05, 0) is 42.7 Å². The maximum absolute atomic E-state index is 12.1. The van der Waals surface area contributed by atoms with E-state index in [4.69, 9.17) is 25.8 Å². The van der Waals surface area contributed by atoms with Gasteiger partial charge in [-0.3, -0.25) is 9.48 Å². The number of hydrogen-bond acceptors (Lipinski definition) is 6. The number of aromatic nitrogens is 3. The second-order valence-electron chi connectivity index (χ2n) is 8.58. The lowest BCUT2D eigenvalue weighted by molar-refractivity contribution is -0.140. The number of aromatic amines is 1. The molecule has 2 aromatic carbocycles. The first-order valence-corrected chi connectivity index (χ1v) is 12.0. The average Bonchev–Trinajstić information content (AvgIpc) is 3.39. The third kappa shape index (κ3) is 5.33. The van der Waals surface area contributed by atoms with Crippen LogP contribution in [0.3, 0.4) is 0 Å². The summed E-state index contributed by atoms with van der Waals surface area (Å²) in [6.07, 6.45) is 0.261. The van der Waals surface area contributed by atoms with Crippen LogP contribution < -0.4 is 4.74 Å². The highest BCUT2D eigenvalue weighted by Crippen LogP contribution is 2.40. The molecule has 2 heterocycles. The number of esters is 1. The Morgan fingerprint density at radius 2 is 1.81 bits per heavy atom. The molecule has 0 aliphatic rings. The van der Waals surface area contributed by atoms with E-state index in [0.717, 1.165) is 28.3 Å². The summed E-state index contributed by atoms with van der Waals surface area (Å²) in [5.74, 6) is -0.767. The molecule has 4 aromatic rings. The van der Waals surface area contributed by atoms with E-state index < -0.39 is 11.9 Å². The van der Waals surface area contributed by atoms with Gasteiger partial charge in [-0.25, -0.2) is 4.79 Å². The summed E-state index contributed by atoms with van der Waals surface area (Å²) >= 11 is 6.71. The van der Waals surface area contributed by atoms with Gasteiger partial charge in [-0.15, -0.1) is 0 Å². The number of carbonyl (C=O) groups excluding carboxylic acids is 1. The van der Waals surface area contributed by atoms with E-state index in [1.807, 2.05) is 38.2 Å². The van der Waals surface area contributed by atoms with Crippen LogP contribution in [0.2, 0.25) is 5.02 Å². The fourth-order valence-electron chi connectivity index (χ4n) is 4.49. The summed E-state index contributed by atoms with van der Waals surface area (Å²) in [6, 6.07) is 11.1. The van der Waals surface area contributed by atoms with Crippen molar-refractivity contribution in [2.24, 2.45) is 7.05 Å². The molecule has 4 rings (SSSR count). The third-order valence-electron chi connectivity index (χ3n) is 6.31. The molecule has 0 aliphatic carbocycles. The number of H-pyrrole nitrogens is 1. The van der Waals surface area contributed by atoms with Gasteiger partial charge in [0.1, 0.15) is 11.4 Å². The highest BCUT2D eigenvalue weighted by Gasteiger charge is 2.25. The number of carboxylic acids is 1. The second kappa shape index (κ2) is 11.1. The number of carbonyl (C=O) groups is 2. The molecule has 0 spiro atoms. The Labute approximate surface area is 218 Å². The number of aryl methyl sites for hydroxylation is 3. The molecular formula is C27H28ClN3O6. The van der Waals surface area contributed by atoms with E-state index in [-0.39, 0.29) is 25.1 Å². The van der Waals surface area contributed by atoms with Crippen LogP contribution >= 0.6 is 11.6 Å². The molecule has 0 aliphatic heterocycles. The van der Waals surface area contributed by atoms with Crippen LogP contribution in [-0.4, -0.2) is 46.0 Å². The van der Waals surface area contributed by atoms with Crippen molar-refractivity contribution < 1.29 is 28.9 Å². The predicted molar refractivity (Wildman–Crippen MR) is 139 cm³/mol. The zero-order valence-electron chi connectivity index (χ0n) is 21.1. The summed E-state index contributed by atoms with van der Waals surface area (Å²) in [5, 5.41) is 15.6. The summed E-state index contributed by atoms with van der Waals surface area (Å²) < 4.78 is 17.7. The number of hydrogen-bond donors (Lipinski definition) is 2. The van der Waals surface area contributed by atoms with Crippen molar-refractivity contribution >= 4 is 34.4 Å². The standard InChI is InChI=1S/C27H28ClN3O6/c1-15-23(21(31(2)30-15)14-37-13-16-5-7-17(35-3)8-6-16)24-20(28)11-9-18-19(10-12-22(32)36-4)26(27(33)34)29-25(18)24/h5-9,11,29H,10,12-14H2,1-4H3,(H,33,34). The van der Waals surface area contributed by atoms with E-state index >= 15 is 0 Å². The maximum atomic E-state index is 12.1. The van der Waals surface area contributed by atoms with Gasteiger partial charge in [0.2, 0.25) is 0 Å². The molecule has 0 amide bonds. The number of methoxy groups -OCH3 is 2. The quantitative estimate of drug-likeness (QED) is 0.278. The molecular weight excluding hydrogens is 498 g/mol. The van der Waals surface area contributed by atoms with Crippen molar-refractivity contribution in [1.29, 1.82) is 0 Å². The lowest BCUT2D eigenvalue weighted by atomic mass is 9.98. The molecule has 0 saturated carbocycles. The van der Waals surface area contributed by atoms with E-state index in [1.165, 1.54) is 7.11 Å². The van der Waals surface area contributed by atoms with Crippen LogP contribution in [0.25, 0.3) is 22.0 Å². The Hall–Kier alpha value is -3.82. The lowest BCUT2D eigenvalue weighted by Crippen LogP contribution is -2.05. The zero-order valence-corrected chi connectivity index (χ0v) is 21.8. The number of rotatable bonds is 10. The van der Waals surface area contributed by atoms with Gasteiger partial charge >= 0.3 is 11.9 Å². The minimum absolute atomic E-state index is 0.0151. The largest absolute Gasteiger partial charge is 0.497 e. The molecule has 0 saturated heterocycles. The summed E-state index contributed by atoms with van der Waals surface area (Å²) in [5.41, 5.74) is 5.02. The van der Waals surface area contributed by atoms with E-state index in [1.54, 1.807) is 23.9 Å². The number of halogens is 1. The van der Waals surface area contributed by atoms with Gasteiger partial charge in [0.25, 0.3) is 0 Å². The van der Waals surface area contributed by atoms with Crippen LogP contribution in [-0.2, 0) is 41.0 Å². The topological polar surface area (TPSA) is 116 Å².